The van der Waals surface area contributed by atoms with Gasteiger partial charge < -0.3 is 10.2 Å². The molecule has 116 valence electrons. The van der Waals surface area contributed by atoms with Crippen LogP contribution in [0.3, 0.4) is 0 Å². The summed E-state index contributed by atoms with van der Waals surface area (Å²) in [5.74, 6) is 0.789. The van der Waals surface area contributed by atoms with E-state index in [-0.39, 0.29) is 5.91 Å². The van der Waals surface area contributed by atoms with Gasteiger partial charge in [-0.1, -0.05) is 44.2 Å². The lowest BCUT2D eigenvalue weighted by Crippen LogP contribution is -2.29. The van der Waals surface area contributed by atoms with E-state index >= 15 is 0 Å². The molecule has 0 atom stereocenters. The standard InChI is InChI=1S/C17H22N4O/c1-13(2)11-19-16(22)15-9-10-18-17(20-15)21(3)12-14-7-5-4-6-8-14/h4-10,13H,11-12H2,1-3H3,(H,19,22). The van der Waals surface area contributed by atoms with Gasteiger partial charge >= 0.3 is 0 Å². The number of nitrogens with zero attached hydrogens (tertiary/aromatic N) is 3. The Morgan fingerprint density at radius 3 is 2.64 bits per heavy atom. The Morgan fingerprint density at radius 2 is 1.95 bits per heavy atom. The summed E-state index contributed by atoms with van der Waals surface area (Å²) in [7, 11) is 1.91. The van der Waals surface area contributed by atoms with Crippen LogP contribution in [0.1, 0.15) is 29.9 Å². The van der Waals surface area contributed by atoms with Crippen molar-refractivity contribution in [2.45, 2.75) is 20.4 Å². The number of nitrogens with one attached hydrogen (secondary N) is 1. The van der Waals surface area contributed by atoms with Crippen molar-refractivity contribution in [2.24, 2.45) is 5.92 Å². The van der Waals surface area contributed by atoms with Crippen molar-refractivity contribution in [1.82, 2.24) is 15.3 Å². The molecule has 2 rings (SSSR count). The van der Waals surface area contributed by atoms with E-state index in [0.29, 0.717) is 30.6 Å². The Labute approximate surface area is 131 Å². The molecule has 0 saturated heterocycles. The second-order valence-electron chi connectivity index (χ2n) is 5.69. The quantitative estimate of drug-likeness (QED) is 0.890. The lowest BCUT2D eigenvalue weighted by Gasteiger charge is -2.17. The minimum Gasteiger partial charge on any atom is -0.350 e. The van der Waals surface area contributed by atoms with Gasteiger partial charge in [-0.25, -0.2) is 9.97 Å². The summed E-state index contributed by atoms with van der Waals surface area (Å²) in [6, 6.07) is 11.7. The van der Waals surface area contributed by atoms with Crippen LogP contribution in [0.2, 0.25) is 0 Å². The maximum absolute atomic E-state index is 12.1. The van der Waals surface area contributed by atoms with Gasteiger partial charge in [-0.05, 0) is 17.5 Å². The van der Waals surface area contributed by atoms with Gasteiger partial charge in [0.05, 0.1) is 0 Å². The molecule has 0 radical (unpaired) electrons. The number of carbonyl (C=O) groups excluding carboxylic acids is 1. The topological polar surface area (TPSA) is 58.1 Å². The predicted molar refractivity (Wildman–Crippen MR) is 87.8 cm³/mol. The van der Waals surface area contributed by atoms with Gasteiger partial charge in [-0.15, -0.1) is 0 Å². The molecule has 2 aromatic rings. The molecular formula is C17H22N4O. The zero-order valence-corrected chi connectivity index (χ0v) is 13.3. The minimum absolute atomic E-state index is 0.162. The van der Waals surface area contributed by atoms with Gasteiger partial charge in [-0.2, -0.15) is 0 Å². The van der Waals surface area contributed by atoms with E-state index < -0.39 is 0 Å². The molecule has 0 fully saturated rings. The van der Waals surface area contributed by atoms with Crippen LogP contribution in [0.4, 0.5) is 5.95 Å². The van der Waals surface area contributed by atoms with Crippen LogP contribution in [0.15, 0.2) is 42.6 Å². The third-order valence-corrected chi connectivity index (χ3v) is 3.15. The number of carbonyl (C=O) groups is 1. The molecule has 5 nitrogen and oxygen atoms in total. The molecule has 0 saturated carbocycles. The SMILES string of the molecule is CC(C)CNC(=O)c1ccnc(N(C)Cc2ccccc2)n1. The fraction of sp³-hybridized carbons (Fsp3) is 0.353. The van der Waals surface area contributed by atoms with E-state index in [1.54, 1.807) is 12.3 Å². The van der Waals surface area contributed by atoms with Gasteiger partial charge in [0.2, 0.25) is 5.95 Å². The summed E-state index contributed by atoms with van der Waals surface area (Å²) >= 11 is 0. The third kappa shape index (κ3) is 4.55. The molecule has 0 bridgehead atoms. The van der Waals surface area contributed by atoms with Crippen LogP contribution in [-0.2, 0) is 6.54 Å². The molecule has 1 aromatic carbocycles. The highest BCUT2D eigenvalue weighted by Gasteiger charge is 2.11. The van der Waals surface area contributed by atoms with Gasteiger partial charge in [0, 0.05) is 26.3 Å². The van der Waals surface area contributed by atoms with Crippen LogP contribution < -0.4 is 10.2 Å². The van der Waals surface area contributed by atoms with Crippen molar-refractivity contribution in [1.29, 1.82) is 0 Å². The molecular weight excluding hydrogens is 276 g/mol. The second-order valence-corrected chi connectivity index (χ2v) is 5.69. The lowest BCUT2D eigenvalue weighted by atomic mass is 10.2. The summed E-state index contributed by atoms with van der Waals surface area (Å²) in [6.45, 7) is 5.44. The Morgan fingerprint density at radius 1 is 1.23 bits per heavy atom. The Bertz CT molecular complexity index is 613. The van der Waals surface area contributed by atoms with Crippen LogP contribution in [0.25, 0.3) is 0 Å². The van der Waals surface area contributed by atoms with Gasteiger partial charge in [0.15, 0.2) is 0 Å². The molecule has 1 amide bonds. The van der Waals surface area contributed by atoms with Crippen molar-refractivity contribution in [3.63, 3.8) is 0 Å². The van der Waals surface area contributed by atoms with E-state index in [0.717, 1.165) is 0 Å². The molecule has 0 aliphatic carbocycles. The first kappa shape index (κ1) is 15.9. The fourth-order valence-electron chi connectivity index (χ4n) is 1.97. The van der Waals surface area contributed by atoms with Crippen molar-refractivity contribution in [2.75, 3.05) is 18.5 Å². The highest BCUT2D eigenvalue weighted by atomic mass is 16.1. The van der Waals surface area contributed by atoms with Gasteiger partial charge in [-0.3, -0.25) is 4.79 Å². The molecule has 0 aliphatic rings. The molecule has 0 unspecified atom stereocenters. The Kier molecular flexibility index (Phi) is 5.47. The normalized spacial score (nSPS) is 10.5. The molecule has 22 heavy (non-hydrogen) atoms. The number of rotatable bonds is 6. The number of hydrogen-bond acceptors (Lipinski definition) is 4. The van der Waals surface area contributed by atoms with Crippen molar-refractivity contribution < 1.29 is 4.79 Å². The number of aromatic nitrogens is 2. The summed E-state index contributed by atoms with van der Waals surface area (Å²) < 4.78 is 0. The van der Waals surface area contributed by atoms with Crippen molar-refractivity contribution >= 4 is 11.9 Å². The number of benzene rings is 1. The van der Waals surface area contributed by atoms with E-state index in [2.05, 4.69) is 41.3 Å². The molecule has 1 N–H and O–H groups in total. The second kappa shape index (κ2) is 7.54. The molecule has 1 heterocycles. The minimum atomic E-state index is -0.162. The number of hydrogen-bond donors (Lipinski definition) is 1. The Balaban J connectivity index is 2.05. The predicted octanol–water partition coefficient (Wildman–Crippen LogP) is 2.50. The van der Waals surface area contributed by atoms with E-state index in [1.165, 1.54) is 5.56 Å². The van der Waals surface area contributed by atoms with Gasteiger partial charge in [0.25, 0.3) is 5.91 Å². The summed E-state index contributed by atoms with van der Waals surface area (Å²) in [4.78, 5) is 22.6. The smallest absolute Gasteiger partial charge is 0.270 e. The average molecular weight is 298 g/mol. The zero-order chi connectivity index (χ0) is 15.9. The third-order valence-electron chi connectivity index (χ3n) is 3.15. The Hall–Kier alpha value is -2.43. The number of amides is 1. The van der Waals surface area contributed by atoms with E-state index in [9.17, 15) is 4.79 Å². The van der Waals surface area contributed by atoms with Crippen LogP contribution in [-0.4, -0.2) is 29.5 Å². The average Bonchev–Trinajstić information content (AvgIpc) is 2.53. The molecule has 1 aromatic heterocycles. The van der Waals surface area contributed by atoms with Crippen molar-refractivity contribution in [3.05, 3.63) is 53.9 Å². The summed E-state index contributed by atoms with van der Waals surface area (Å²) in [5, 5.41) is 2.87. The number of anilines is 1. The fourth-order valence-corrected chi connectivity index (χ4v) is 1.97. The van der Waals surface area contributed by atoms with Crippen molar-refractivity contribution in [3.8, 4) is 0 Å². The van der Waals surface area contributed by atoms with E-state index in [1.807, 2.05) is 30.1 Å². The highest BCUT2D eigenvalue weighted by molar-refractivity contribution is 5.92. The first-order valence-corrected chi connectivity index (χ1v) is 7.42. The lowest BCUT2D eigenvalue weighted by molar-refractivity contribution is 0.0944. The van der Waals surface area contributed by atoms with Crippen LogP contribution in [0, 0.1) is 5.92 Å². The maximum atomic E-state index is 12.1. The van der Waals surface area contributed by atoms with Gasteiger partial charge in [0.1, 0.15) is 5.69 Å². The van der Waals surface area contributed by atoms with E-state index in [4.69, 9.17) is 0 Å². The summed E-state index contributed by atoms with van der Waals surface area (Å²) in [5.41, 5.74) is 1.56. The maximum Gasteiger partial charge on any atom is 0.270 e. The molecule has 0 spiro atoms. The monoisotopic (exact) mass is 298 g/mol. The molecule has 0 aliphatic heterocycles. The molecule has 5 heteroatoms. The highest BCUT2D eigenvalue weighted by Crippen LogP contribution is 2.10. The zero-order valence-electron chi connectivity index (χ0n) is 13.3. The summed E-state index contributed by atoms with van der Waals surface area (Å²) in [6.07, 6.45) is 1.62. The van der Waals surface area contributed by atoms with Crippen LogP contribution in [0.5, 0.6) is 0 Å². The van der Waals surface area contributed by atoms with Crippen LogP contribution >= 0.6 is 0 Å². The first-order valence-electron chi connectivity index (χ1n) is 7.42. The first-order chi connectivity index (χ1) is 10.6. The largest absolute Gasteiger partial charge is 0.350 e.